The standard InChI is InChI=1S/C22H31N3O3/c1-16-15-21(17(2)25(16)18-5-7-19(27-3)8-6-18)22(26)24-12-9-20(10-13-24)28-14-4-11-23/h5-8,15,20H,4,9-14,23H2,1-3H3. The average molecular weight is 386 g/mol. The molecule has 0 bridgehead atoms. The van der Waals surface area contributed by atoms with Crippen LogP contribution in [0.25, 0.3) is 5.69 Å². The molecule has 3 rings (SSSR count). The molecule has 2 N–H and O–H groups in total. The number of likely N-dealkylation sites (tertiary alicyclic amines) is 1. The minimum Gasteiger partial charge on any atom is -0.497 e. The molecular formula is C22H31N3O3. The molecule has 1 aliphatic rings. The first-order valence-corrected chi connectivity index (χ1v) is 9.99. The maximum absolute atomic E-state index is 13.1. The van der Waals surface area contributed by atoms with Crippen LogP contribution in [0.2, 0.25) is 0 Å². The molecule has 1 aromatic carbocycles. The summed E-state index contributed by atoms with van der Waals surface area (Å²) in [5.41, 5.74) is 9.33. The summed E-state index contributed by atoms with van der Waals surface area (Å²) in [5.74, 6) is 0.923. The SMILES string of the molecule is COc1ccc(-n2c(C)cc(C(=O)N3CCC(OCCCN)CC3)c2C)cc1. The Morgan fingerprint density at radius 2 is 1.86 bits per heavy atom. The van der Waals surface area contributed by atoms with Crippen LogP contribution >= 0.6 is 0 Å². The van der Waals surface area contributed by atoms with Crippen LogP contribution in [0.1, 0.15) is 41.0 Å². The van der Waals surface area contributed by atoms with Gasteiger partial charge in [-0.15, -0.1) is 0 Å². The Morgan fingerprint density at radius 3 is 2.46 bits per heavy atom. The number of hydrogen-bond acceptors (Lipinski definition) is 4. The van der Waals surface area contributed by atoms with Gasteiger partial charge in [0.2, 0.25) is 0 Å². The molecule has 1 fully saturated rings. The monoisotopic (exact) mass is 385 g/mol. The molecule has 0 saturated carbocycles. The average Bonchev–Trinajstić information content (AvgIpc) is 3.02. The van der Waals surface area contributed by atoms with Crippen molar-refractivity contribution < 1.29 is 14.3 Å². The molecule has 0 radical (unpaired) electrons. The van der Waals surface area contributed by atoms with E-state index in [0.717, 1.165) is 60.7 Å². The number of piperidine rings is 1. The molecule has 0 atom stereocenters. The maximum Gasteiger partial charge on any atom is 0.255 e. The smallest absolute Gasteiger partial charge is 0.255 e. The minimum atomic E-state index is 0.105. The molecule has 2 aromatic rings. The number of nitrogens with two attached hydrogens (primary N) is 1. The molecule has 152 valence electrons. The highest BCUT2D eigenvalue weighted by Gasteiger charge is 2.26. The maximum atomic E-state index is 13.1. The number of ether oxygens (including phenoxy) is 2. The highest BCUT2D eigenvalue weighted by molar-refractivity contribution is 5.96. The number of hydrogen-bond donors (Lipinski definition) is 1. The number of methoxy groups -OCH3 is 1. The highest BCUT2D eigenvalue weighted by Crippen LogP contribution is 2.25. The van der Waals surface area contributed by atoms with E-state index < -0.39 is 0 Å². The molecule has 2 heterocycles. The van der Waals surface area contributed by atoms with Crippen molar-refractivity contribution in [1.29, 1.82) is 0 Å². The third-order valence-corrected chi connectivity index (χ3v) is 5.42. The molecule has 28 heavy (non-hydrogen) atoms. The van der Waals surface area contributed by atoms with Gasteiger partial charge >= 0.3 is 0 Å². The lowest BCUT2D eigenvalue weighted by Crippen LogP contribution is -2.41. The molecule has 1 aromatic heterocycles. The van der Waals surface area contributed by atoms with Crippen molar-refractivity contribution in [1.82, 2.24) is 9.47 Å². The van der Waals surface area contributed by atoms with Gasteiger partial charge in [-0.2, -0.15) is 0 Å². The first kappa shape index (κ1) is 20.4. The van der Waals surface area contributed by atoms with Gasteiger partial charge in [0.1, 0.15) is 5.75 Å². The van der Waals surface area contributed by atoms with Gasteiger partial charge < -0.3 is 24.7 Å². The van der Waals surface area contributed by atoms with E-state index in [4.69, 9.17) is 15.2 Å². The Hall–Kier alpha value is -2.31. The molecule has 0 spiro atoms. The molecular weight excluding hydrogens is 354 g/mol. The van der Waals surface area contributed by atoms with Gasteiger partial charge in [0.05, 0.1) is 18.8 Å². The summed E-state index contributed by atoms with van der Waals surface area (Å²) in [7, 11) is 1.66. The van der Waals surface area contributed by atoms with E-state index in [1.165, 1.54) is 0 Å². The van der Waals surface area contributed by atoms with E-state index in [2.05, 4.69) is 4.57 Å². The van der Waals surface area contributed by atoms with E-state index in [9.17, 15) is 4.79 Å². The Balaban J connectivity index is 1.69. The van der Waals surface area contributed by atoms with Crippen LogP contribution in [0.3, 0.4) is 0 Å². The van der Waals surface area contributed by atoms with E-state index >= 15 is 0 Å². The molecule has 6 nitrogen and oxygen atoms in total. The van der Waals surface area contributed by atoms with Crippen LogP contribution in [0.15, 0.2) is 30.3 Å². The largest absolute Gasteiger partial charge is 0.497 e. The Labute approximate surface area is 167 Å². The summed E-state index contributed by atoms with van der Waals surface area (Å²) >= 11 is 0. The third kappa shape index (κ3) is 4.39. The van der Waals surface area contributed by atoms with E-state index in [-0.39, 0.29) is 12.0 Å². The lowest BCUT2D eigenvalue weighted by molar-refractivity contribution is 0.00843. The number of rotatable bonds is 7. The van der Waals surface area contributed by atoms with Crippen molar-refractivity contribution in [3.05, 3.63) is 47.3 Å². The van der Waals surface area contributed by atoms with Crippen molar-refractivity contribution in [2.24, 2.45) is 5.73 Å². The summed E-state index contributed by atoms with van der Waals surface area (Å²) in [4.78, 5) is 15.1. The summed E-state index contributed by atoms with van der Waals surface area (Å²) in [6, 6.07) is 9.89. The predicted octanol–water partition coefficient (Wildman–Crippen LogP) is 3.07. The first-order chi connectivity index (χ1) is 13.5. The number of aryl methyl sites for hydroxylation is 1. The summed E-state index contributed by atoms with van der Waals surface area (Å²) in [5, 5.41) is 0. The second kappa shape index (κ2) is 9.26. The number of carbonyl (C=O) groups is 1. The van der Waals surface area contributed by atoms with Gasteiger partial charge in [0.15, 0.2) is 0 Å². The van der Waals surface area contributed by atoms with Crippen LogP contribution < -0.4 is 10.5 Å². The predicted molar refractivity (Wildman–Crippen MR) is 110 cm³/mol. The highest BCUT2D eigenvalue weighted by atomic mass is 16.5. The zero-order valence-corrected chi connectivity index (χ0v) is 17.1. The van der Waals surface area contributed by atoms with Crippen molar-refractivity contribution in [3.8, 4) is 11.4 Å². The molecule has 1 amide bonds. The van der Waals surface area contributed by atoms with Crippen molar-refractivity contribution in [2.45, 2.75) is 39.2 Å². The number of aromatic nitrogens is 1. The van der Waals surface area contributed by atoms with Crippen LogP contribution in [0.5, 0.6) is 5.75 Å². The molecule has 0 aliphatic carbocycles. The van der Waals surface area contributed by atoms with Gasteiger partial charge in [0, 0.05) is 36.8 Å². The summed E-state index contributed by atoms with van der Waals surface area (Å²) in [6.45, 7) is 6.87. The lowest BCUT2D eigenvalue weighted by atomic mass is 10.1. The van der Waals surface area contributed by atoms with E-state index in [1.54, 1.807) is 7.11 Å². The van der Waals surface area contributed by atoms with Crippen molar-refractivity contribution in [3.63, 3.8) is 0 Å². The Kier molecular flexibility index (Phi) is 6.75. The third-order valence-electron chi connectivity index (χ3n) is 5.42. The van der Waals surface area contributed by atoms with Gasteiger partial charge in [-0.3, -0.25) is 4.79 Å². The van der Waals surface area contributed by atoms with Crippen LogP contribution in [0.4, 0.5) is 0 Å². The van der Waals surface area contributed by atoms with Crippen molar-refractivity contribution in [2.75, 3.05) is 33.4 Å². The van der Waals surface area contributed by atoms with Crippen LogP contribution in [0, 0.1) is 13.8 Å². The van der Waals surface area contributed by atoms with Crippen LogP contribution in [-0.2, 0) is 4.74 Å². The topological polar surface area (TPSA) is 69.7 Å². The summed E-state index contributed by atoms with van der Waals surface area (Å²) < 4.78 is 13.2. The van der Waals surface area contributed by atoms with Gasteiger partial charge in [-0.05, 0) is 70.0 Å². The van der Waals surface area contributed by atoms with Crippen molar-refractivity contribution >= 4 is 5.91 Å². The normalized spacial score (nSPS) is 15.1. The first-order valence-electron chi connectivity index (χ1n) is 9.99. The zero-order valence-electron chi connectivity index (χ0n) is 17.1. The second-order valence-corrected chi connectivity index (χ2v) is 7.32. The molecule has 0 unspecified atom stereocenters. The molecule has 6 heteroatoms. The Bertz CT molecular complexity index is 790. The minimum absolute atomic E-state index is 0.105. The molecule has 1 saturated heterocycles. The second-order valence-electron chi connectivity index (χ2n) is 7.32. The number of nitrogens with zero attached hydrogens (tertiary/aromatic N) is 2. The zero-order chi connectivity index (χ0) is 20.1. The summed E-state index contributed by atoms with van der Waals surface area (Å²) in [6.07, 6.45) is 2.89. The number of amides is 1. The van der Waals surface area contributed by atoms with Gasteiger partial charge in [0.25, 0.3) is 5.91 Å². The number of benzene rings is 1. The van der Waals surface area contributed by atoms with E-state index in [1.807, 2.05) is 49.1 Å². The fourth-order valence-electron chi connectivity index (χ4n) is 3.84. The van der Waals surface area contributed by atoms with Crippen LogP contribution in [-0.4, -0.2) is 54.8 Å². The Morgan fingerprint density at radius 1 is 1.18 bits per heavy atom. The number of carbonyl (C=O) groups excluding carboxylic acids is 1. The fraction of sp³-hybridized carbons (Fsp3) is 0.500. The quantitative estimate of drug-likeness (QED) is 0.744. The van der Waals surface area contributed by atoms with Gasteiger partial charge in [-0.25, -0.2) is 0 Å². The molecule has 1 aliphatic heterocycles. The lowest BCUT2D eigenvalue weighted by Gasteiger charge is -2.32. The van der Waals surface area contributed by atoms with Gasteiger partial charge in [-0.1, -0.05) is 0 Å². The fourth-order valence-corrected chi connectivity index (χ4v) is 3.84. The van der Waals surface area contributed by atoms with E-state index in [0.29, 0.717) is 13.2 Å².